The van der Waals surface area contributed by atoms with Crippen molar-refractivity contribution >= 4 is 17.7 Å². The molecule has 1 aromatic heterocycles. The fraction of sp³-hybridized carbons (Fsp3) is 0.263. The number of thioether (sulfide) groups is 1. The van der Waals surface area contributed by atoms with Gasteiger partial charge >= 0.3 is 0 Å². The van der Waals surface area contributed by atoms with Crippen LogP contribution >= 0.6 is 11.8 Å². The Hall–Kier alpha value is -2.94. The van der Waals surface area contributed by atoms with Gasteiger partial charge in [0, 0.05) is 0 Å². The zero-order chi connectivity index (χ0) is 20.1. The lowest BCUT2D eigenvalue weighted by molar-refractivity contribution is -0.119. The molecule has 0 bridgehead atoms. The van der Waals surface area contributed by atoms with Crippen molar-refractivity contribution in [1.82, 2.24) is 25.5 Å². The second-order valence-corrected chi connectivity index (χ2v) is 7.12. The molecular formula is C19H20FN5O2S. The predicted molar refractivity (Wildman–Crippen MR) is 104 cm³/mol. The zero-order valence-corrected chi connectivity index (χ0v) is 16.5. The molecule has 0 radical (unpaired) electrons. The average molecular weight is 401 g/mol. The van der Waals surface area contributed by atoms with Crippen molar-refractivity contribution in [2.75, 3.05) is 12.9 Å². The molecule has 9 heteroatoms. The molecule has 0 aliphatic heterocycles. The van der Waals surface area contributed by atoms with E-state index in [4.69, 9.17) is 4.74 Å². The number of halogens is 1. The number of rotatable bonds is 7. The van der Waals surface area contributed by atoms with E-state index in [2.05, 4.69) is 20.8 Å². The number of aromatic nitrogens is 4. The van der Waals surface area contributed by atoms with Crippen molar-refractivity contribution in [2.45, 2.75) is 25.0 Å². The number of nitrogens with zero attached hydrogens (tertiary/aromatic N) is 4. The normalized spacial score (nSPS) is 11.9. The topological polar surface area (TPSA) is 81.9 Å². The van der Waals surface area contributed by atoms with E-state index in [0.29, 0.717) is 16.6 Å². The number of hydrogen-bond donors (Lipinski definition) is 1. The van der Waals surface area contributed by atoms with Crippen LogP contribution in [0.3, 0.4) is 0 Å². The molecule has 2 aromatic carbocycles. The molecule has 3 aromatic rings. The van der Waals surface area contributed by atoms with Crippen molar-refractivity contribution < 1.29 is 13.9 Å². The Morgan fingerprint density at radius 1 is 1.29 bits per heavy atom. The van der Waals surface area contributed by atoms with E-state index in [0.717, 1.165) is 11.1 Å². The van der Waals surface area contributed by atoms with Crippen LogP contribution < -0.4 is 10.1 Å². The summed E-state index contributed by atoms with van der Waals surface area (Å²) in [6.45, 7) is 3.81. The highest BCUT2D eigenvalue weighted by molar-refractivity contribution is 7.99. The first-order valence-corrected chi connectivity index (χ1v) is 9.57. The quantitative estimate of drug-likeness (QED) is 0.613. The van der Waals surface area contributed by atoms with Crippen molar-refractivity contribution in [1.29, 1.82) is 0 Å². The summed E-state index contributed by atoms with van der Waals surface area (Å²) in [6, 6.07) is 11.5. The van der Waals surface area contributed by atoms with Gasteiger partial charge in [-0.1, -0.05) is 30.0 Å². The third-order valence-electron chi connectivity index (χ3n) is 4.08. The largest absolute Gasteiger partial charge is 0.494 e. The minimum Gasteiger partial charge on any atom is -0.494 e. The first-order valence-electron chi connectivity index (χ1n) is 8.59. The second-order valence-electron chi connectivity index (χ2n) is 6.18. The number of tetrazole rings is 1. The Bertz CT molecular complexity index is 961. The maximum absolute atomic E-state index is 13.0. The Kier molecular flexibility index (Phi) is 6.25. The van der Waals surface area contributed by atoms with Crippen LogP contribution in [0.1, 0.15) is 24.1 Å². The molecular weight excluding hydrogens is 381 g/mol. The molecule has 1 N–H and O–H groups in total. The van der Waals surface area contributed by atoms with Crippen LogP contribution in [0.25, 0.3) is 5.69 Å². The number of methoxy groups -OCH3 is 1. The molecule has 1 heterocycles. The van der Waals surface area contributed by atoms with Gasteiger partial charge in [-0.25, -0.2) is 4.39 Å². The summed E-state index contributed by atoms with van der Waals surface area (Å²) in [6.07, 6.45) is 0. The summed E-state index contributed by atoms with van der Waals surface area (Å²) < 4.78 is 20.0. The van der Waals surface area contributed by atoms with Crippen LogP contribution in [0.4, 0.5) is 4.39 Å². The van der Waals surface area contributed by atoms with Crippen LogP contribution in [0.5, 0.6) is 5.75 Å². The van der Waals surface area contributed by atoms with E-state index in [-0.39, 0.29) is 23.5 Å². The van der Waals surface area contributed by atoms with E-state index in [9.17, 15) is 9.18 Å². The van der Waals surface area contributed by atoms with Crippen LogP contribution in [-0.2, 0) is 4.79 Å². The third-order valence-corrected chi connectivity index (χ3v) is 5.00. The lowest BCUT2D eigenvalue weighted by Gasteiger charge is -2.14. The summed E-state index contributed by atoms with van der Waals surface area (Å²) >= 11 is 1.22. The summed E-state index contributed by atoms with van der Waals surface area (Å²) in [5.41, 5.74) is 2.57. The molecule has 146 valence electrons. The molecule has 0 fully saturated rings. The molecule has 1 atom stereocenters. The van der Waals surface area contributed by atoms with E-state index >= 15 is 0 Å². The summed E-state index contributed by atoms with van der Waals surface area (Å²) in [5, 5.41) is 15.1. The van der Waals surface area contributed by atoms with Crippen molar-refractivity contribution in [3.63, 3.8) is 0 Å². The Morgan fingerprint density at radius 3 is 2.75 bits per heavy atom. The molecule has 0 saturated carbocycles. The van der Waals surface area contributed by atoms with Crippen LogP contribution in [0.2, 0.25) is 0 Å². The van der Waals surface area contributed by atoms with Gasteiger partial charge in [-0.3, -0.25) is 4.79 Å². The molecule has 0 aliphatic carbocycles. The minimum absolute atomic E-state index is 0.139. The highest BCUT2D eigenvalue weighted by atomic mass is 32.2. The highest BCUT2D eigenvalue weighted by Crippen LogP contribution is 2.27. The summed E-state index contributed by atoms with van der Waals surface area (Å²) in [7, 11) is 1.58. The number of carbonyl (C=O) groups excluding carboxylic acids is 1. The van der Waals surface area contributed by atoms with Gasteiger partial charge in [-0.05, 0) is 59.7 Å². The zero-order valence-electron chi connectivity index (χ0n) is 15.7. The average Bonchev–Trinajstić information content (AvgIpc) is 3.15. The monoisotopic (exact) mass is 401 g/mol. The maximum atomic E-state index is 13.0. The van der Waals surface area contributed by atoms with Gasteiger partial charge in [0.15, 0.2) is 0 Å². The Balaban J connectivity index is 1.66. The number of ether oxygens (including phenoxy) is 1. The molecule has 0 saturated heterocycles. The fourth-order valence-corrected chi connectivity index (χ4v) is 3.33. The van der Waals surface area contributed by atoms with E-state index in [1.165, 1.54) is 23.9 Å². The number of benzene rings is 2. The standard InChI is InChI=1S/C19H20FN5O2S/c1-12-4-9-17(27-3)16(10-12)25-19(22-23-24-25)28-11-18(26)21-13(2)14-5-7-15(20)8-6-14/h4-10,13H,11H2,1-3H3,(H,21,26)/t13-/m0/s1. The van der Waals surface area contributed by atoms with Gasteiger partial charge in [-0.15, -0.1) is 5.10 Å². The van der Waals surface area contributed by atoms with Crippen LogP contribution in [0, 0.1) is 12.7 Å². The van der Waals surface area contributed by atoms with Crippen molar-refractivity contribution in [3.05, 3.63) is 59.4 Å². The molecule has 0 aliphatic rings. The Labute approximate surface area is 166 Å². The molecule has 0 unspecified atom stereocenters. The van der Waals surface area contributed by atoms with Gasteiger partial charge in [0.2, 0.25) is 11.1 Å². The SMILES string of the molecule is COc1ccc(C)cc1-n1nnnc1SCC(=O)N[C@@H](C)c1ccc(F)cc1. The Morgan fingerprint density at radius 2 is 2.04 bits per heavy atom. The van der Waals surface area contributed by atoms with Gasteiger partial charge in [-0.2, -0.15) is 4.68 Å². The van der Waals surface area contributed by atoms with Crippen molar-refractivity contribution in [2.24, 2.45) is 0 Å². The van der Waals surface area contributed by atoms with E-state index in [1.54, 1.807) is 23.9 Å². The molecule has 3 rings (SSSR count). The van der Waals surface area contributed by atoms with Gasteiger partial charge in [0.05, 0.1) is 18.9 Å². The maximum Gasteiger partial charge on any atom is 0.230 e. The van der Waals surface area contributed by atoms with Gasteiger partial charge in [0.1, 0.15) is 17.3 Å². The number of hydrogen-bond acceptors (Lipinski definition) is 6. The summed E-state index contributed by atoms with van der Waals surface area (Å²) in [5.74, 6) is 0.290. The van der Waals surface area contributed by atoms with Gasteiger partial charge < -0.3 is 10.1 Å². The lowest BCUT2D eigenvalue weighted by Crippen LogP contribution is -2.28. The predicted octanol–water partition coefficient (Wildman–Crippen LogP) is 3.09. The lowest BCUT2D eigenvalue weighted by atomic mass is 10.1. The molecule has 28 heavy (non-hydrogen) atoms. The van der Waals surface area contributed by atoms with Gasteiger partial charge in [0.25, 0.3) is 0 Å². The fourth-order valence-electron chi connectivity index (χ4n) is 2.63. The smallest absolute Gasteiger partial charge is 0.230 e. The minimum atomic E-state index is -0.309. The van der Waals surface area contributed by atoms with E-state index < -0.39 is 0 Å². The highest BCUT2D eigenvalue weighted by Gasteiger charge is 2.16. The first-order chi connectivity index (χ1) is 13.5. The second kappa shape index (κ2) is 8.83. The number of nitrogens with one attached hydrogen (secondary N) is 1. The third kappa shape index (κ3) is 4.66. The van der Waals surface area contributed by atoms with E-state index in [1.807, 2.05) is 32.0 Å². The van der Waals surface area contributed by atoms with Crippen molar-refractivity contribution in [3.8, 4) is 11.4 Å². The van der Waals surface area contributed by atoms with Crippen LogP contribution in [0.15, 0.2) is 47.6 Å². The molecule has 1 amide bonds. The first kappa shape index (κ1) is 19.8. The van der Waals surface area contributed by atoms with Crippen LogP contribution in [-0.4, -0.2) is 39.0 Å². The molecule has 0 spiro atoms. The summed E-state index contributed by atoms with van der Waals surface area (Å²) in [4.78, 5) is 12.3. The number of carbonyl (C=O) groups is 1. The number of aryl methyl sites for hydroxylation is 1. The number of amides is 1. The molecule has 7 nitrogen and oxygen atoms in total.